The molecule has 1 atom stereocenters. The molecule has 1 unspecified atom stereocenters. The summed E-state index contributed by atoms with van der Waals surface area (Å²) in [6.07, 6.45) is 1.12. The van der Waals surface area contributed by atoms with Crippen molar-refractivity contribution < 1.29 is 4.74 Å². The molecule has 3 nitrogen and oxygen atoms in total. The normalized spacial score (nSPS) is 12.9. The Morgan fingerprint density at radius 3 is 2.67 bits per heavy atom. The summed E-state index contributed by atoms with van der Waals surface area (Å²) in [5.41, 5.74) is 6.58. The van der Waals surface area contributed by atoms with E-state index < -0.39 is 0 Å². The second-order valence-electron chi connectivity index (χ2n) is 4.05. The molecule has 0 aromatic carbocycles. The molecular weight excluding hydrogens is 188 g/mol. The van der Waals surface area contributed by atoms with Gasteiger partial charge in [-0.3, -0.25) is 0 Å². The van der Waals surface area contributed by atoms with Crippen LogP contribution in [0.3, 0.4) is 0 Å². The molecule has 2 N–H and O–H groups in total. The highest BCUT2D eigenvalue weighted by Gasteiger charge is 2.07. The molecule has 0 bridgehead atoms. The maximum Gasteiger partial charge on any atom is 0.213 e. The third-order valence-electron chi connectivity index (χ3n) is 2.21. The first-order chi connectivity index (χ1) is 7.13. The molecule has 0 aliphatic heterocycles. The summed E-state index contributed by atoms with van der Waals surface area (Å²) < 4.78 is 5.54. The first-order valence-electron chi connectivity index (χ1n) is 5.47. The molecule has 1 rings (SSSR count). The fourth-order valence-electron chi connectivity index (χ4n) is 1.41. The predicted molar refractivity (Wildman–Crippen MR) is 62.1 cm³/mol. The summed E-state index contributed by atoms with van der Waals surface area (Å²) in [7, 11) is 0. The maximum absolute atomic E-state index is 5.54. The standard InChI is InChI=1S/C12H20N2O/c1-9(2)15-12-6-4-5-11(14-12)10(3)7-8-13/h4-6,9-10H,7-8,13H2,1-3H3. The zero-order chi connectivity index (χ0) is 11.3. The van der Waals surface area contributed by atoms with Gasteiger partial charge in [0.2, 0.25) is 5.88 Å². The summed E-state index contributed by atoms with van der Waals surface area (Å²) in [4.78, 5) is 4.45. The Balaban J connectivity index is 2.73. The van der Waals surface area contributed by atoms with E-state index >= 15 is 0 Å². The van der Waals surface area contributed by atoms with Gasteiger partial charge in [0.15, 0.2) is 0 Å². The van der Waals surface area contributed by atoms with E-state index in [4.69, 9.17) is 10.5 Å². The number of ether oxygens (including phenoxy) is 1. The molecular formula is C12H20N2O. The van der Waals surface area contributed by atoms with Crippen molar-refractivity contribution in [2.75, 3.05) is 6.54 Å². The van der Waals surface area contributed by atoms with Crippen molar-refractivity contribution in [3.05, 3.63) is 23.9 Å². The van der Waals surface area contributed by atoms with Gasteiger partial charge in [-0.2, -0.15) is 0 Å². The van der Waals surface area contributed by atoms with E-state index in [1.54, 1.807) is 0 Å². The minimum atomic E-state index is 0.164. The average Bonchev–Trinajstić information content (AvgIpc) is 2.17. The van der Waals surface area contributed by atoms with Crippen molar-refractivity contribution in [3.63, 3.8) is 0 Å². The molecule has 0 aliphatic carbocycles. The first kappa shape index (κ1) is 12.0. The molecule has 1 aromatic heterocycles. The quantitative estimate of drug-likeness (QED) is 0.807. The molecule has 3 heteroatoms. The minimum Gasteiger partial charge on any atom is -0.475 e. The van der Waals surface area contributed by atoms with Gasteiger partial charge < -0.3 is 10.5 Å². The molecule has 15 heavy (non-hydrogen) atoms. The Labute approximate surface area is 91.7 Å². The molecule has 0 spiro atoms. The van der Waals surface area contributed by atoms with Gasteiger partial charge in [-0.15, -0.1) is 0 Å². The number of nitrogens with two attached hydrogens (primary N) is 1. The fourth-order valence-corrected chi connectivity index (χ4v) is 1.41. The van der Waals surface area contributed by atoms with E-state index in [1.165, 1.54) is 0 Å². The number of aromatic nitrogens is 1. The lowest BCUT2D eigenvalue weighted by atomic mass is 10.0. The monoisotopic (exact) mass is 208 g/mol. The highest BCUT2D eigenvalue weighted by atomic mass is 16.5. The molecule has 0 radical (unpaired) electrons. The smallest absolute Gasteiger partial charge is 0.213 e. The third-order valence-corrected chi connectivity index (χ3v) is 2.21. The summed E-state index contributed by atoms with van der Waals surface area (Å²) >= 11 is 0. The second kappa shape index (κ2) is 5.71. The Kier molecular flexibility index (Phi) is 4.56. The summed E-state index contributed by atoms with van der Waals surface area (Å²) in [6, 6.07) is 5.89. The number of pyridine rings is 1. The Morgan fingerprint density at radius 1 is 1.33 bits per heavy atom. The van der Waals surface area contributed by atoms with Gasteiger partial charge in [0, 0.05) is 11.8 Å². The molecule has 0 fully saturated rings. The molecule has 0 amide bonds. The minimum absolute atomic E-state index is 0.164. The maximum atomic E-state index is 5.54. The van der Waals surface area contributed by atoms with Crippen LogP contribution >= 0.6 is 0 Å². The largest absolute Gasteiger partial charge is 0.475 e. The lowest BCUT2D eigenvalue weighted by Gasteiger charge is -2.13. The van der Waals surface area contributed by atoms with Crippen LogP contribution in [0.1, 0.15) is 38.8 Å². The Bertz CT molecular complexity index is 299. The van der Waals surface area contributed by atoms with Gasteiger partial charge in [-0.25, -0.2) is 4.98 Å². The van der Waals surface area contributed by atoms with E-state index in [-0.39, 0.29) is 6.10 Å². The number of nitrogens with zero attached hydrogens (tertiary/aromatic N) is 1. The first-order valence-corrected chi connectivity index (χ1v) is 5.47. The van der Waals surface area contributed by atoms with Gasteiger partial charge in [0.25, 0.3) is 0 Å². The highest BCUT2D eigenvalue weighted by Crippen LogP contribution is 2.19. The van der Waals surface area contributed by atoms with Gasteiger partial charge >= 0.3 is 0 Å². The van der Waals surface area contributed by atoms with Crippen LogP contribution in [0.5, 0.6) is 5.88 Å². The lowest BCUT2D eigenvalue weighted by Crippen LogP contribution is -2.09. The van der Waals surface area contributed by atoms with Gasteiger partial charge in [-0.1, -0.05) is 13.0 Å². The predicted octanol–water partition coefficient (Wildman–Crippen LogP) is 2.32. The highest BCUT2D eigenvalue weighted by molar-refractivity contribution is 5.18. The Hall–Kier alpha value is -1.09. The number of hydrogen-bond donors (Lipinski definition) is 1. The van der Waals surface area contributed by atoms with Gasteiger partial charge in [0.1, 0.15) is 0 Å². The van der Waals surface area contributed by atoms with E-state index in [0.717, 1.165) is 12.1 Å². The SMILES string of the molecule is CC(C)Oc1cccc(C(C)CCN)n1. The lowest BCUT2D eigenvalue weighted by molar-refractivity contribution is 0.231. The zero-order valence-corrected chi connectivity index (χ0v) is 9.73. The van der Waals surface area contributed by atoms with E-state index in [0.29, 0.717) is 18.3 Å². The van der Waals surface area contributed by atoms with Crippen LogP contribution in [-0.4, -0.2) is 17.6 Å². The molecule has 0 saturated carbocycles. The Morgan fingerprint density at radius 2 is 2.07 bits per heavy atom. The van der Waals surface area contributed by atoms with E-state index in [1.807, 2.05) is 32.0 Å². The fraction of sp³-hybridized carbons (Fsp3) is 0.583. The zero-order valence-electron chi connectivity index (χ0n) is 9.73. The van der Waals surface area contributed by atoms with Crippen LogP contribution in [0, 0.1) is 0 Å². The van der Waals surface area contributed by atoms with Crippen molar-refractivity contribution in [1.29, 1.82) is 0 Å². The van der Waals surface area contributed by atoms with Crippen LogP contribution in [0.4, 0.5) is 0 Å². The third kappa shape index (κ3) is 3.88. The number of rotatable bonds is 5. The van der Waals surface area contributed by atoms with Crippen molar-refractivity contribution in [1.82, 2.24) is 4.98 Å². The molecule has 0 saturated heterocycles. The van der Waals surface area contributed by atoms with Crippen LogP contribution in [-0.2, 0) is 0 Å². The summed E-state index contributed by atoms with van der Waals surface area (Å²) in [6.45, 7) is 6.82. The van der Waals surface area contributed by atoms with Crippen molar-refractivity contribution in [2.24, 2.45) is 5.73 Å². The van der Waals surface area contributed by atoms with Crippen molar-refractivity contribution >= 4 is 0 Å². The van der Waals surface area contributed by atoms with Crippen molar-refractivity contribution in [3.8, 4) is 5.88 Å². The summed E-state index contributed by atoms with van der Waals surface area (Å²) in [5, 5.41) is 0. The summed E-state index contributed by atoms with van der Waals surface area (Å²) in [5.74, 6) is 1.09. The van der Waals surface area contributed by atoms with Crippen LogP contribution in [0.25, 0.3) is 0 Å². The van der Waals surface area contributed by atoms with Crippen LogP contribution in [0.15, 0.2) is 18.2 Å². The molecule has 1 heterocycles. The van der Waals surface area contributed by atoms with Crippen molar-refractivity contribution in [2.45, 2.75) is 39.2 Å². The van der Waals surface area contributed by atoms with Crippen LogP contribution < -0.4 is 10.5 Å². The topological polar surface area (TPSA) is 48.1 Å². The van der Waals surface area contributed by atoms with Crippen LogP contribution in [0.2, 0.25) is 0 Å². The average molecular weight is 208 g/mol. The van der Waals surface area contributed by atoms with Gasteiger partial charge in [-0.05, 0) is 38.8 Å². The number of hydrogen-bond acceptors (Lipinski definition) is 3. The molecule has 1 aromatic rings. The second-order valence-corrected chi connectivity index (χ2v) is 4.05. The molecule has 0 aliphatic rings. The van der Waals surface area contributed by atoms with Gasteiger partial charge in [0.05, 0.1) is 6.10 Å². The van der Waals surface area contributed by atoms with E-state index in [2.05, 4.69) is 11.9 Å². The molecule has 84 valence electrons. The van der Waals surface area contributed by atoms with E-state index in [9.17, 15) is 0 Å².